The topological polar surface area (TPSA) is 111 Å². The van der Waals surface area contributed by atoms with Gasteiger partial charge in [0.25, 0.3) is 5.56 Å². The van der Waals surface area contributed by atoms with Crippen LogP contribution in [-0.4, -0.2) is 35.2 Å². The first-order valence-electron chi connectivity index (χ1n) is 10.4. The zero-order valence-corrected chi connectivity index (χ0v) is 21.6. The van der Waals surface area contributed by atoms with Gasteiger partial charge in [0, 0.05) is 36.1 Å². The van der Waals surface area contributed by atoms with Gasteiger partial charge in [0.1, 0.15) is 33.4 Å². The van der Waals surface area contributed by atoms with E-state index in [2.05, 4.69) is 25.6 Å². The monoisotopic (exact) mass is 571 g/mol. The second-order valence-corrected chi connectivity index (χ2v) is 11.1. The first-order chi connectivity index (χ1) is 16.3. The number of hydrogen-bond acceptors (Lipinski definition) is 6. The summed E-state index contributed by atoms with van der Waals surface area (Å²) in [4.78, 5) is 17.0. The number of pyridine rings is 2. The average Bonchev–Trinajstić information content (AvgIpc) is 2.78. The Morgan fingerprint density at radius 1 is 1.20 bits per heavy atom. The number of nitrogens with zero attached hydrogens (tertiary/aromatic N) is 2. The van der Waals surface area contributed by atoms with Crippen molar-refractivity contribution < 1.29 is 27.0 Å². The zero-order chi connectivity index (χ0) is 26.0. The van der Waals surface area contributed by atoms with Crippen molar-refractivity contribution in [2.24, 2.45) is 0 Å². The number of nitrogens with one attached hydrogen (secondary N) is 1. The zero-order valence-electron chi connectivity index (χ0n) is 19.2. The lowest BCUT2D eigenvalue weighted by Gasteiger charge is -2.17. The molecule has 3 aromatic rings. The fraction of sp³-hybridized carbons (Fsp3) is 0.304. The van der Waals surface area contributed by atoms with E-state index < -0.39 is 32.8 Å². The number of benzene rings is 1. The number of sulfonamides is 1. The van der Waals surface area contributed by atoms with Gasteiger partial charge in [-0.1, -0.05) is 0 Å². The molecule has 1 aromatic carbocycles. The summed E-state index contributed by atoms with van der Waals surface area (Å²) >= 11 is 3.21. The minimum Gasteiger partial charge on any atom is -0.487 e. The number of hydrogen-bond donors (Lipinski definition) is 2. The maximum Gasteiger partial charge on any atom is 0.269 e. The summed E-state index contributed by atoms with van der Waals surface area (Å²) in [6.45, 7) is 4.33. The van der Waals surface area contributed by atoms with Gasteiger partial charge in [0.2, 0.25) is 10.0 Å². The normalized spacial score (nSPS) is 12.1. The molecule has 0 atom stereocenters. The van der Waals surface area contributed by atoms with E-state index in [1.54, 1.807) is 13.0 Å². The molecule has 2 aromatic heterocycles. The Morgan fingerprint density at radius 2 is 1.91 bits per heavy atom. The molecule has 0 saturated carbocycles. The first kappa shape index (κ1) is 26.9. The highest BCUT2D eigenvalue weighted by atomic mass is 79.9. The van der Waals surface area contributed by atoms with Crippen molar-refractivity contribution in [1.29, 1.82) is 0 Å². The third kappa shape index (κ3) is 6.94. The van der Waals surface area contributed by atoms with Crippen LogP contribution >= 0.6 is 15.9 Å². The molecule has 12 heteroatoms. The predicted octanol–water partition coefficient (Wildman–Crippen LogP) is 3.27. The van der Waals surface area contributed by atoms with E-state index >= 15 is 0 Å². The van der Waals surface area contributed by atoms with Crippen LogP contribution in [0.15, 0.2) is 56.8 Å². The Labute approximate surface area is 209 Å². The smallest absolute Gasteiger partial charge is 0.269 e. The van der Waals surface area contributed by atoms with Crippen LogP contribution in [-0.2, 0) is 23.2 Å². The molecule has 0 bridgehead atoms. The number of aryl methyl sites for hydroxylation is 1. The highest BCUT2D eigenvalue weighted by Crippen LogP contribution is 2.24. The van der Waals surface area contributed by atoms with E-state index in [9.17, 15) is 27.1 Å². The van der Waals surface area contributed by atoms with Crippen LogP contribution in [0.1, 0.15) is 30.8 Å². The molecule has 2 N–H and O–H groups in total. The van der Waals surface area contributed by atoms with Crippen molar-refractivity contribution in [2.45, 2.75) is 44.4 Å². The second-order valence-electron chi connectivity index (χ2n) is 8.50. The summed E-state index contributed by atoms with van der Waals surface area (Å²) in [5, 5.41) is 9.73. The van der Waals surface area contributed by atoms with E-state index in [-0.39, 0.29) is 40.4 Å². The molecule has 0 aliphatic heterocycles. The molecule has 0 saturated heterocycles. The number of aromatic nitrogens is 2. The molecule has 3 rings (SSSR count). The minimum atomic E-state index is -3.86. The lowest BCUT2D eigenvalue weighted by molar-refractivity contribution is 0.0857. The maximum atomic E-state index is 13.9. The Bertz CT molecular complexity index is 1390. The third-order valence-electron chi connectivity index (χ3n) is 4.94. The third-order valence-corrected chi connectivity index (χ3v) is 7.05. The van der Waals surface area contributed by atoms with Crippen LogP contribution in [0.2, 0.25) is 0 Å². The van der Waals surface area contributed by atoms with Crippen molar-refractivity contribution in [3.8, 4) is 5.75 Å². The Kier molecular flexibility index (Phi) is 8.10. The van der Waals surface area contributed by atoms with Crippen molar-refractivity contribution in [3.05, 3.63) is 86.0 Å². The van der Waals surface area contributed by atoms with Crippen molar-refractivity contribution in [3.63, 3.8) is 0 Å². The van der Waals surface area contributed by atoms with Crippen LogP contribution in [0.25, 0.3) is 0 Å². The largest absolute Gasteiger partial charge is 0.487 e. The van der Waals surface area contributed by atoms with Crippen LogP contribution < -0.4 is 15.0 Å². The molecule has 0 aliphatic carbocycles. The molecule has 0 amide bonds. The number of ether oxygens (including phenoxy) is 1. The fourth-order valence-corrected chi connectivity index (χ4v) is 4.58. The highest BCUT2D eigenvalue weighted by Gasteiger charge is 2.20. The lowest BCUT2D eigenvalue weighted by atomic mass is 10.1. The summed E-state index contributed by atoms with van der Waals surface area (Å²) < 4.78 is 61.1. The van der Waals surface area contributed by atoms with E-state index in [4.69, 9.17) is 4.74 Å². The molecule has 0 radical (unpaired) electrons. The fourth-order valence-electron chi connectivity index (χ4n) is 2.99. The molecular weight excluding hydrogens is 548 g/mol. The quantitative estimate of drug-likeness (QED) is 0.408. The molecule has 188 valence electrons. The van der Waals surface area contributed by atoms with Gasteiger partial charge >= 0.3 is 0 Å². The van der Waals surface area contributed by atoms with Crippen LogP contribution in [0.5, 0.6) is 5.75 Å². The van der Waals surface area contributed by atoms with Gasteiger partial charge in [-0.3, -0.25) is 9.78 Å². The van der Waals surface area contributed by atoms with Crippen molar-refractivity contribution >= 4 is 26.0 Å². The van der Waals surface area contributed by atoms with Crippen LogP contribution in [0.3, 0.4) is 0 Å². The molecular formula is C23H24BrF2N3O5S. The lowest BCUT2D eigenvalue weighted by Crippen LogP contribution is -2.38. The molecule has 0 aliphatic rings. The highest BCUT2D eigenvalue weighted by molar-refractivity contribution is 9.10. The molecule has 8 nitrogen and oxygen atoms in total. The minimum absolute atomic E-state index is 0.0631. The Balaban J connectivity index is 1.76. The van der Waals surface area contributed by atoms with Crippen LogP contribution in [0.4, 0.5) is 8.78 Å². The van der Waals surface area contributed by atoms with Gasteiger partial charge in [-0.05, 0) is 61.0 Å². The van der Waals surface area contributed by atoms with Gasteiger partial charge in [-0.15, -0.1) is 0 Å². The molecule has 35 heavy (non-hydrogen) atoms. The van der Waals surface area contributed by atoms with Gasteiger partial charge in [0.15, 0.2) is 0 Å². The van der Waals surface area contributed by atoms with E-state index in [1.807, 2.05) is 0 Å². The maximum absolute atomic E-state index is 13.9. The summed E-state index contributed by atoms with van der Waals surface area (Å²) in [6, 6.07) is 7.57. The molecule has 0 fully saturated rings. The van der Waals surface area contributed by atoms with Gasteiger partial charge in [0.05, 0.1) is 17.8 Å². The van der Waals surface area contributed by atoms with E-state index in [1.165, 1.54) is 42.8 Å². The first-order valence-corrected chi connectivity index (χ1v) is 12.7. The van der Waals surface area contributed by atoms with Crippen molar-refractivity contribution in [2.75, 3.05) is 6.54 Å². The van der Waals surface area contributed by atoms with Crippen molar-refractivity contribution in [1.82, 2.24) is 14.3 Å². The van der Waals surface area contributed by atoms with E-state index in [0.717, 1.165) is 12.1 Å². The summed E-state index contributed by atoms with van der Waals surface area (Å²) in [6.07, 6.45) is 1.17. The second kappa shape index (κ2) is 10.5. The van der Waals surface area contributed by atoms with Gasteiger partial charge in [-0.2, -0.15) is 0 Å². The summed E-state index contributed by atoms with van der Waals surface area (Å²) in [5.41, 5.74) is -0.541. The average molecular weight is 572 g/mol. The van der Waals surface area contributed by atoms with Crippen LogP contribution in [0, 0.1) is 18.6 Å². The number of halogens is 3. The Hall–Kier alpha value is -2.67. The molecule has 0 spiro atoms. The number of aliphatic hydroxyl groups is 1. The van der Waals surface area contributed by atoms with Gasteiger partial charge in [-0.25, -0.2) is 21.9 Å². The molecule has 0 unspecified atom stereocenters. The van der Waals surface area contributed by atoms with Gasteiger partial charge < -0.3 is 14.4 Å². The SMILES string of the molecule is Cc1cc(OCc2ccc(F)cc2F)c(Br)c(=O)n1Cc1ccc(S(=O)(=O)NCC(C)(C)O)cn1. The molecule has 2 heterocycles. The summed E-state index contributed by atoms with van der Waals surface area (Å²) in [5.74, 6) is -1.26. The Morgan fingerprint density at radius 3 is 2.51 bits per heavy atom. The predicted molar refractivity (Wildman–Crippen MR) is 129 cm³/mol. The number of rotatable bonds is 9. The standard InChI is InChI=1S/C23H24BrF2N3O5S/c1-14-8-20(34-12-15-4-5-16(25)9-19(15)26)21(24)22(30)29(14)11-17-6-7-18(10-27-17)35(32,33)28-13-23(2,3)31/h4-10,28,31H,11-13H2,1-3H3. The summed E-state index contributed by atoms with van der Waals surface area (Å²) in [7, 11) is -3.86. The van der Waals surface area contributed by atoms with E-state index in [0.29, 0.717) is 11.4 Å².